The first-order valence-electron chi connectivity index (χ1n) is 3.96. The van der Waals surface area contributed by atoms with E-state index in [0.717, 1.165) is 11.1 Å². The summed E-state index contributed by atoms with van der Waals surface area (Å²) in [5.41, 5.74) is 11.2. The van der Waals surface area contributed by atoms with E-state index >= 15 is 0 Å². The van der Waals surface area contributed by atoms with Crippen LogP contribution in [-0.2, 0) is 0 Å². The van der Waals surface area contributed by atoms with Gasteiger partial charge in [-0.3, -0.25) is 0 Å². The molecular formula is C10H7ClN2. The molecule has 0 bridgehead atoms. The molecule has 0 amide bonds. The third-order valence-electron chi connectivity index (χ3n) is 2.08. The molecule has 0 heterocycles. The Balaban J connectivity index is 2.61. The molecule has 1 aromatic carbocycles. The maximum atomic E-state index is 8.64. The maximum absolute atomic E-state index is 8.64. The zero-order valence-corrected chi connectivity index (χ0v) is 7.57. The molecule has 1 unspecified atom stereocenters. The van der Waals surface area contributed by atoms with Gasteiger partial charge < -0.3 is 5.53 Å². The molecule has 1 aliphatic rings. The van der Waals surface area contributed by atoms with Gasteiger partial charge in [0.25, 0.3) is 0 Å². The number of allylic oxidation sites excluding steroid dienone is 1. The summed E-state index contributed by atoms with van der Waals surface area (Å²) < 4.78 is 0. The van der Waals surface area contributed by atoms with E-state index in [4.69, 9.17) is 17.1 Å². The Kier molecular flexibility index (Phi) is 2.01. The van der Waals surface area contributed by atoms with E-state index in [0.29, 0.717) is 5.71 Å². The highest BCUT2D eigenvalue weighted by atomic mass is 35.5. The average molecular weight is 191 g/mol. The lowest BCUT2D eigenvalue weighted by molar-refractivity contribution is -0.00598. The van der Waals surface area contributed by atoms with Crippen LogP contribution in [0.4, 0.5) is 0 Å². The molecule has 1 aliphatic carbocycles. The second-order valence-electron chi connectivity index (χ2n) is 2.85. The lowest BCUT2D eigenvalue weighted by Crippen LogP contribution is -2.10. The van der Waals surface area contributed by atoms with Gasteiger partial charge in [0.2, 0.25) is 0 Å². The van der Waals surface area contributed by atoms with Crippen LogP contribution in [0.25, 0.3) is 11.6 Å². The Hall–Kier alpha value is -1.37. The van der Waals surface area contributed by atoms with Crippen molar-refractivity contribution in [3.05, 3.63) is 47.0 Å². The van der Waals surface area contributed by atoms with E-state index in [-0.39, 0.29) is 5.38 Å². The molecule has 0 saturated heterocycles. The van der Waals surface area contributed by atoms with Gasteiger partial charge in [-0.2, -0.15) is 4.79 Å². The highest BCUT2D eigenvalue weighted by molar-refractivity contribution is 6.34. The molecule has 64 valence electrons. The summed E-state index contributed by atoms with van der Waals surface area (Å²) >= 11 is 6.07. The highest BCUT2D eigenvalue weighted by Gasteiger charge is 2.25. The summed E-state index contributed by atoms with van der Waals surface area (Å²) in [5.74, 6) is 0. The number of hydrogen-bond acceptors (Lipinski definition) is 0. The van der Waals surface area contributed by atoms with Crippen LogP contribution >= 0.6 is 11.6 Å². The zero-order valence-electron chi connectivity index (χ0n) is 6.81. The van der Waals surface area contributed by atoms with Gasteiger partial charge in [0.05, 0.1) is 0 Å². The van der Waals surface area contributed by atoms with Gasteiger partial charge in [-0.1, -0.05) is 24.3 Å². The molecule has 0 N–H and O–H groups in total. The molecule has 3 heteroatoms. The molecule has 0 aliphatic heterocycles. The lowest BCUT2D eigenvalue weighted by Gasteiger charge is -2.11. The van der Waals surface area contributed by atoms with Gasteiger partial charge >= 0.3 is 5.71 Å². The maximum Gasteiger partial charge on any atom is 0.314 e. The fraction of sp³-hybridized carbons (Fsp3) is 0.100. The molecule has 1 atom stereocenters. The Morgan fingerprint density at radius 2 is 2.00 bits per heavy atom. The van der Waals surface area contributed by atoms with Crippen LogP contribution in [0.1, 0.15) is 16.5 Å². The first kappa shape index (κ1) is 8.24. The first-order chi connectivity index (χ1) is 6.33. The van der Waals surface area contributed by atoms with Crippen LogP contribution in [0.15, 0.2) is 30.3 Å². The molecule has 0 aromatic heterocycles. The summed E-state index contributed by atoms with van der Waals surface area (Å²) in [6.07, 6.45) is 3.61. The fourth-order valence-corrected chi connectivity index (χ4v) is 1.71. The minimum atomic E-state index is -0.341. The number of rotatable bonds is 0. The summed E-state index contributed by atoms with van der Waals surface area (Å²) in [6, 6.07) is 7.78. The van der Waals surface area contributed by atoms with Crippen molar-refractivity contribution in [2.45, 2.75) is 5.38 Å². The molecular weight excluding hydrogens is 184 g/mol. The number of alkyl halides is 1. The predicted molar refractivity (Wildman–Crippen MR) is 52.7 cm³/mol. The largest absolute Gasteiger partial charge is 0.361 e. The van der Waals surface area contributed by atoms with Gasteiger partial charge in [0.15, 0.2) is 5.38 Å². The molecule has 2 nitrogen and oxygen atoms in total. The summed E-state index contributed by atoms with van der Waals surface area (Å²) in [5, 5.41) is -0.341. The van der Waals surface area contributed by atoms with Crippen molar-refractivity contribution in [2.24, 2.45) is 0 Å². The van der Waals surface area contributed by atoms with Crippen molar-refractivity contribution in [3.63, 3.8) is 0 Å². The molecule has 1 aromatic rings. The van der Waals surface area contributed by atoms with E-state index < -0.39 is 0 Å². The van der Waals surface area contributed by atoms with Crippen LogP contribution in [0.3, 0.4) is 0 Å². The molecule has 0 saturated carbocycles. The van der Waals surface area contributed by atoms with Crippen molar-refractivity contribution in [3.8, 4) is 0 Å². The summed E-state index contributed by atoms with van der Waals surface area (Å²) in [6.45, 7) is 0. The van der Waals surface area contributed by atoms with Crippen LogP contribution in [-0.4, -0.2) is 10.5 Å². The van der Waals surface area contributed by atoms with Gasteiger partial charge in [-0.15, -0.1) is 11.6 Å². The van der Waals surface area contributed by atoms with E-state index in [2.05, 4.69) is 4.79 Å². The average Bonchev–Trinajstić information content (AvgIpc) is 2.19. The van der Waals surface area contributed by atoms with Crippen molar-refractivity contribution in [1.29, 1.82) is 0 Å². The van der Waals surface area contributed by atoms with Crippen molar-refractivity contribution < 1.29 is 4.79 Å². The quantitative estimate of drug-likeness (QED) is 0.343. The first-order valence-corrected chi connectivity index (χ1v) is 4.39. The van der Waals surface area contributed by atoms with Gasteiger partial charge in [0.1, 0.15) is 0 Å². The standard InChI is InChI=1S/C10H7ClN2/c11-10-8-4-2-1-3-7(8)5-6-9(10)13-12/h1-6,10H. The van der Waals surface area contributed by atoms with Crippen LogP contribution < -0.4 is 0 Å². The summed E-state index contributed by atoms with van der Waals surface area (Å²) in [4.78, 5) is 3.13. The topological polar surface area (TPSA) is 36.4 Å². The van der Waals surface area contributed by atoms with Crippen molar-refractivity contribution >= 4 is 23.4 Å². The smallest absolute Gasteiger partial charge is 0.314 e. The fourth-order valence-electron chi connectivity index (χ4n) is 1.40. The van der Waals surface area contributed by atoms with E-state index in [1.54, 1.807) is 6.08 Å². The predicted octanol–water partition coefficient (Wildman–Crippen LogP) is 2.66. The second-order valence-corrected chi connectivity index (χ2v) is 3.29. The van der Waals surface area contributed by atoms with Crippen molar-refractivity contribution in [1.82, 2.24) is 0 Å². The number of benzene rings is 1. The molecule has 2 rings (SSSR count). The number of fused-ring (bicyclic) bond motifs is 1. The highest BCUT2D eigenvalue weighted by Crippen LogP contribution is 2.29. The van der Waals surface area contributed by atoms with Crippen LogP contribution in [0, 0.1) is 0 Å². The normalized spacial score (nSPS) is 19.5. The Labute approximate surface area is 81.1 Å². The van der Waals surface area contributed by atoms with Crippen molar-refractivity contribution in [2.75, 3.05) is 0 Å². The SMILES string of the molecule is [N-]=[N+]=C1C=Cc2ccccc2C1Cl. The Morgan fingerprint density at radius 3 is 2.77 bits per heavy atom. The van der Waals surface area contributed by atoms with Crippen LogP contribution in [0.2, 0.25) is 0 Å². The number of hydrogen-bond donors (Lipinski definition) is 0. The summed E-state index contributed by atoms with van der Waals surface area (Å²) in [7, 11) is 0. The molecule has 13 heavy (non-hydrogen) atoms. The van der Waals surface area contributed by atoms with Crippen LogP contribution in [0.5, 0.6) is 0 Å². The lowest BCUT2D eigenvalue weighted by atomic mass is 9.96. The number of halogens is 1. The van der Waals surface area contributed by atoms with Gasteiger partial charge in [0, 0.05) is 6.08 Å². The van der Waals surface area contributed by atoms with E-state index in [9.17, 15) is 0 Å². The minimum absolute atomic E-state index is 0.341. The van der Waals surface area contributed by atoms with E-state index in [1.165, 1.54) is 0 Å². The molecule has 0 fully saturated rings. The van der Waals surface area contributed by atoms with Gasteiger partial charge in [-0.25, -0.2) is 0 Å². The third-order valence-corrected chi connectivity index (χ3v) is 2.54. The number of nitrogens with zero attached hydrogens (tertiary/aromatic N) is 2. The third kappa shape index (κ3) is 1.31. The minimum Gasteiger partial charge on any atom is -0.361 e. The second kappa shape index (κ2) is 3.17. The monoisotopic (exact) mass is 190 g/mol. The molecule has 0 radical (unpaired) electrons. The zero-order chi connectivity index (χ0) is 9.26. The Morgan fingerprint density at radius 1 is 1.23 bits per heavy atom. The Bertz CT molecular complexity index is 417. The van der Waals surface area contributed by atoms with E-state index in [1.807, 2.05) is 30.3 Å². The van der Waals surface area contributed by atoms with Gasteiger partial charge in [-0.05, 0) is 17.2 Å². The molecule has 0 spiro atoms.